The Bertz CT molecular complexity index is 1310. The van der Waals surface area contributed by atoms with Crippen LogP contribution in [-0.4, -0.2) is 75.8 Å². The number of para-hydroxylation sites is 1. The van der Waals surface area contributed by atoms with Crippen molar-refractivity contribution in [1.29, 1.82) is 0 Å². The second-order valence-corrected chi connectivity index (χ2v) is 9.08. The summed E-state index contributed by atoms with van der Waals surface area (Å²) in [4.78, 5) is 42.9. The van der Waals surface area contributed by atoms with Gasteiger partial charge in [-0.05, 0) is 35.7 Å². The van der Waals surface area contributed by atoms with Gasteiger partial charge < -0.3 is 14.9 Å². The number of amides is 2. The van der Waals surface area contributed by atoms with Crippen LogP contribution in [0, 0.1) is 0 Å². The Kier molecular flexibility index (Phi) is 6.83. The minimum Gasteiger partial charge on any atom is -0.361 e. The number of aromatic nitrogens is 3. The van der Waals surface area contributed by atoms with Crippen LogP contribution in [0.4, 0.5) is 5.69 Å². The largest absolute Gasteiger partial charge is 0.361 e. The molecule has 2 aromatic heterocycles. The minimum atomic E-state index is -0.263. The van der Waals surface area contributed by atoms with E-state index in [-0.39, 0.29) is 18.4 Å². The molecule has 5 rings (SSSR count). The van der Waals surface area contributed by atoms with E-state index in [1.54, 1.807) is 24.5 Å². The third kappa shape index (κ3) is 5.23. The zero-order valence-corrected chi connectivity index (χ0v) is 20.0. The van der Waals surface area contributed by atoms with Crippen LogP contribution in [0.15, 0.2) is 67.3 Å². The molecule has 0 unspecified atom stereocenters. The number of nitrogens with zero attached hydrogens (tertiary/aromatic N) is 4. The summed E-state index contributed by atoms with van der Waals surface area (Å²) in [6, 6.07) is 14.6. The van der Waals surface area contributed by atoms with Crippen LogP contribution in [-0.2, 0) is 11.2 Å². The first-order chi connectivity index (χ1) is 17.1. The Hall–Kier alpha value is -3.62. The molecule has 0 spiro atoms. The predicted octanol–water partition coefficient (Wildman–Crippen LogP) is 3.58. The molecule has 9 heteroatoms. The highest BCUT2D eigenvalue weighted by molar-refractivity contribution is 6.34. The van der Waals surface area contributed by atoms with Gasteiger partial charge >= 0.3 is 0 Å². The molecule has 180 valence electrons. The number of rotatable bonds is 7. The number of benzene rings is 2. The fourth-order valence-electron chi connectivity index (χ4n) is 4.43. The zero-order valence-electron chi connectivity index (χ0n) is 19.3. The number of carbonyl (C=O) groups is 2. The molecular weight excluding hydrogens is 464 g/mol. The average molecular weight is 491 g/mol. The van der Waals surface area contributed by atoms with Crippen molar-refractivity contribution in [3.63, 3.8) is 0 Å². The van der Waals surface area contributed by atoms with Crippen LogP contribution in [0.3, 0.4) is 0 Å². The number of hydrogen-bond donors (Lipinski definition) is 2. The third-order valence-electron chi connectivity index (χ3n) is 6.46. The first kappa shape index (κ1) is 23.1. The second kappa shape index (κ2) is 10.3. The molecule has 0 radical (unpaired) electrons. The standard InChI is InChI=1S/C26H27ClN6O2/c27-22-3-1-2-4-24(22)33(26(35)20-6-5-19-7-9-29-23(19)15-20)17-25(34)32-13-11-31(12-14-32)10-8-21-16-28-18-30-21/h1-7,9,15-16,18,29H,8,10-14,17H2,(H,28,30). The Balaban J connectivity index is 1.28. The molecule has 0 saturated carbocycles. The lowest BCUT2D eigenvalue weighted by Crippen LogP contribution is -2.52. The topological polar surface area (TPSA) is 88.3 Å². The summed E-state index contributed by atoms with van der Waals surface area (Å²) in [5, 5.41) is 1.45. The van der Waals surface area contributed by atoms with Crippen molar-refractivity contribution in [1.82, 2.24) is 24.8 Å². The van der Waals surface area contributed by atoms with Gasteiger partial charge in [0.2, 0.25) is 5.91 Å². The van der Waals surface area contributed by atoms with Crippen molar-refractivity contribution in [2.75, 3.05) is 44.2 Å². The normalized spacial score (nSPS) is 14.4. The number of carbonyl (C=O) groups excluding carboxylic acids is 2. The Morgan fingerprint density at radius 3 is 2.63 bits per heavy atom. The van der Waals surface area contributed by atoms with Crippen molar-refractivity contribution in [2.45, 2.75) is 6.42 Å². The third-order valence-corrected chi connectivity index (χ3v) is 6.78. The van der Waals surface area contributed by atoms with Gasteiger partial charge in [-0.1, -0.05) is 29.8 Å². The molecule has 0 atom stereocenters. The van der Waals surface area contributed by atoms with Gasteiger partial charge in [0, 0.05) is 68.3 Å². The number of nitrogens with one attached hydrogen (secondary N) is 2. The maximum atomic E-state index is 13.6. The smallest absolute Gasteiger partial charge is 0.258 e. The van der Waals surface area contributed by atoms with E-state index in [2.05, 4.69) is 19.9 Å². The lowest BCUT2D eigenvalue weighted by Gasteiger charge is -2.36. The summed E-state index contributed by atoms with van der Waals surface area (Å²) >= 11 is 6.45. The molecule has 0 bridgehead atoms. The molecule has 0 aliphatic carbocycles. The lowest BCUT2D eigenvalue weighted by atomic mass is 10.1. The van der Waals surface area contributed by atoms with Gasteiger partial charge in [-0.15, -0.1) is 0 Å². The maximum absolute atomic E-state index is 13.6. The predicted molar refractivity (Wildman–Crippen MR) is 137 cm³/mol. The summed E-state index contributed by atoms with van der Waals surface area (Å²) in [7, 11) is 0. The molecule has 2 N–H and O–H groups in total. The van der Waals surface area contributed by atoms with Gasteiger partial charge in [0.1, 0.15) is 6.54 Å². The van der Waals surface area contributed by atoms with Gasteiger partial charge in [-0.2, -0.15) is 0 Å². The van der Waals surface area contributed by atoms with Crippen molar-refractivity contribution >= 4 is 40.0 Å². The molecule has 1 saturated heterocycles. The molecule has 1 aliphatic heterocycles. The number of aromatic amines is 2. The zero-order chi connectivity index (χ0) is 24.2. The van der Waals surface area contributed by atoms with Gasteiger partial charge in [0.05, 0.1) is 17.0 Å². The maximum Gasteiger partial charge on any atom is 0.258 e. The van der Waals surface area contributed by atoms with Gasteiger partial charge in [-0.25, -0.2) is 4.98 Å². The summed E-state index contributed by atoms with van der Waals surface area (Å²) in [6.07, 6.45) is 6.26. The monoisotopic (exact) mass is 490 g/mol. The molecular formula is C26H27ClN6O2. The number of halogens is 1. The van der Waals surface area contributed by atoms with E-state index >= 15 is 0 Å². The van der Waals surface area contributed by atoms with Crippen LogP contribution >= 0.6 is 11.6 Å². The van der Waals surface area contributed by atoms with Crippen molar-refractivity contribution in [3.8, 4) is 0 Å². The van der Waals surface area contributed by atoms with Crippen LogP contribution in [0.1, 0.15) is 16.1 Å². The van der Waals surface area contributed by atoms with E-state index in [9.17, 15) is 9.59 Å². The highest BCUT2D eigenvalue weighted by Gasteiger charge is 2.27. The molecule has 8 nitrogen and oxygen atoms in total. The molecule has 1 fully saturated rings. The molecule has 1 aliphatic rings. The molecule has 4 aromatic rings. The summed E-state index contributed by atoms with van der Waals surface area (Å²) in [6.45, 7) is 3.68. The van der Waals surface area contributed by atoms with Crippen LogP contribution in [0.5, 0.6) is 0 Å². The summed E-state index contributed by atoms with van der Waals surface area (Å²) in [5.41, 5.74) is 3.00. The Morgan fingerprint density at radius 2 is 1.86 bits per heavy atom. The first-order valence-corrected chi connectivity index (χ1v) is 12.1. The van der Waals surface area contributed by atoms with Gasteiger partial charge in [0.15, 0.2) is 0 Å². The number of fused-ring (bicyclic) bond motifs is 1. The van der Waals surface area contributed by atoms with E-state index in [0.717, 1.165) is 42.7 Å². The lowest BCUT2D eigenvalue weighted by molar-refractivity contribution is -0.131. The molecule has 35 heavy (non-hydrogen) atoms. The number of H-pyrrole nitrogens is 2. The first-order valence-electron chi connectivity index (χ1n) is 11.7. The SMILES string of the molecule is O=C(CN(C(=O)c1ccc2cc[nH]c2c1)c1ccccc1Cl)N1CCN(CCc2cnc[nH]2)CC1. The number of piperazine rings is 1. The number of hydrogen-bond acceptors (Lipinski definition) is 4. The van der Waals surface area contributed by atoms with E-state index < -0.39 is 0 Å². The van der Waals surface area contributed by atoms with Crippen LogP contribution in [0.25, 0.3) is 10.9 Å². The number of imidazole rings is 1. The minimum absolute atomic E-state index is 0.0700. The van der Waals surface area contributed by atoms with E-state index in [0.29, 0.717) is 29.4 Å². The summed E-state index contributed by atoms with van der Waals surface area (Å²) < 4.78 is 0. The molecule has 2 amide bonds. The van der Waals surface area contributed by atoms with Crippen molar-refractivity contribution in [3.05, 3.63) is 83.5 Å². The van der Waals surface area contributed by atoms with Crippen molar-refractivity contribution < 1.29 is 9.59 Å². The van der Waals surface area contributed by atoms with Crippen LogP contribution in [0.2, 0.25) is 5.02 Å². The highest BCUT2D eigenvalue weighted by atomic mass is 35.5. The van der Waals surface area contributed by atoms with E-state index in [4.69, 9.17) is 11.6 Å². The van der Waals surface area contributed by atoms with E-state index in [1.807, 2.05) is 47.6 Å². The second-order valence-electron chi connectivity index (χ2n) is 8.67. The fraction of sp³-hybridized carbons (Fsp3) is 0.269. The highest BCUT2D eigenvalue weighted by Crippen LogP contribution is 2.27. The Labute approximate surface area is 208 Å². The molecule has 2 aromatic carbocycles. The average Bonchev–Trinajstić information content (AvgIpc) is 3.58. The van der Waals surface area contributed by atoms with Crippen LogP contribution < -0.4 is 4.90 Å². The Morgan fingerprint density at radius 1 is 1.03 bits per heavy atom. The summed E-state index contributed by atoms with van der Waals surface area (Å²) in [5.74, 6) is -0.353. The quantitative estimate of drug-likeness (QED) is 0.414. The fourth-order valence-corrected chi connectivity index (χ4v) is 4.67. The van der Waals surface area contributed by atoms with E-state index in [1.165, 1.54) is 4.90 Å². The molecule has 3 heterocycles. The van der Waals surface area contributed by atoms with Gasteiger partial charge in [-0.3, -0.25) is 19.4 Å². The van der Waals surface area contributed by atoms with Gasteiger partial charge in [0.25, 0.3) is 5.91 Å². The number of anilines is 1. The van der Waals surface area contributed by atoms with Crippen molar-refractivity contribution in [2.24, 2.45) is 0 Å².